The van der Waals surface area contributed by atoms with Crippen molar-refractivity contribution < 1.29 is 29.6 Å². The number of aliphatic hydroxyl groups is 3. The second kappa shape index (κ2) is 11.4. The first-order chi connectivity index (χ1) is 17.7. The van der Waals surface area contributed by atoms with E-state index < -0.39 is 29.7 Å². The number of nitrogens with zero attached hydrogens (tertiary/aromatic N) is 1. The van der Waals surface area contributed by atoms with Crippen molar-refractivity contribution in [3.8, 4) is 11.8 Å². The van der Waals surface area contributed by atoms with Crippen molar-refractivity contribution in [2.45, 2.75) is 43.5 Å². The summed E-state index contributed by atoms with van der Waals surface area (Å²) in [5.41, 5.74) is 2.60. The van der Waals surface area contributed by atoms with Crippen LogP contribution in [0.4, 0.5) is 5.69 Å². The summed E-state index contributed by atoms with van der Waals surface area (Å²) in [5.74, 6) is -0.451. The van der Waals surface area contributed by atoms with E-state index in [1.54, 1.807) is 38.3 Å². The molecule has 0 aliphatic carbocycles. The molecule has 10 heteroatoms. The topological polar surface area (TPSA) is 144 Å². The Labute approximate surface area is 219 Å². The number of carbonyl (C=O) groups excluding carboxylic acids is 1. The highest BCUT2D eigenvalue weighted by atomic mass is 32.2. The van der Waals surface area contributed by atoms with E-state index in [9.17, 15) is 25.4 Å². The third-order valence-corrected chi connectivity index (χ3v) is 7.54. The van der Waals surface area contributed by atoms with Crippen molar-refractivity contribution in [1.29, 1.82) is 5.26 Å². The van der Waals surface area contributed by atoms with E-state index in [1.165, 1.54) is 0 Å². The number of ether oxygens (including phenoxy) is 2. The number of rotatable bonds is 6. The molecule has 1 fully saturated rings. The molecule has 1 saturated heterocycles. The van der Waals surface area contributed by atoms with Gasteiger partial charge in [-0.1, -0.05) is 41.6 Å². The Morgan fingerprint density at radius 1 is 1.11 bits per heavy atom. The van der Waals surface area contributed by atoms with E-state index in [4.69, 9.17) is 9.47 Å². The second-order valence-electron chi connectivity index (χ2n) is 8.91. The van der Waals surface area contributed by atoms with Gasteiger partial charge in [-0.05, 0) is 43.7 Å². The van der Waals surface area contributed by atoms with Gasteiger partial charge in [-0.3, -0.25) is 4.79 Å². The first-order valence-electron chi connectivity index (χ1n) is 11.7. The quantitative estimate of drug-likeness (QED) is 0.386. The van der Waals surface area contributed by atoms with Gasteiger partial charge in [-0.15, -0.1) is 0 Å². The largest absolute Gasteiger partial charge is 0.497 e. The molecule has 2 aliphatic heterocycles. The van der Waals surface area contributed by atoms with Crippen molar-refractivity contribution >= 4 is 23.4 Å². The van der Waals surface area contributed by atoms with Crippen LogP contribution in [0.1, 0.15) is 24.0 Å². The minimum absolute atomic E-state index is 0.161. The van der Waals surface area contributed by atoms with Gasteiger partial charge in [0, 0.05) is 17.0 Å². The smallest absolute Gasteiger partial charge is 0.254 e. The summed E-state index contributed by atoms with van der Waals surface area (Å²) in [4.78, 5) is 13.6. The standard InChI is InChI=1S/C27H29N3O6S/c1-14-4-8-17(9-5-14)30-25(34)21-15(2)29-26(37-27-24(33)23(32)20(31)13-36-27)19(12-28)22(21)16-6-10-18(35-3)11-7-16/h4-11,20,22-24,27,29,31-33H,13H2,1-3H3,(H,30,34)/t20-,22?,23-,24+,27-/m0/s1. The van der Waals surface area contributed by atoms with Crippen LogP contribution in [0, 0.1) is 18.3 Å². The van der Waals surface area contributed by atoms with Crippen molar-refractivity contribution in [3.63, 3.8) is 0 Å². The molecule has 2 heterocycles. The molecule has 2 aromatic rings. The average molecular weight is 524 g/mol. The fourth-order valence-electron chi connectivity index (χ4n) is 4.27. The van der Waals surface area contributed by atoms with Gasteiger partial charge in [0.2, 0.25) is 0 Å². The molecule has 0 radical (unpaired) electrons. The second-order valence-corrected chi connectivity index (χ2v) is 10.0. The Kier molecular flexibility index (Phi) is 8.22. The zero-order valence-electron chi connectivity index (χ0n) is 20.6. The molecule has 194 valence electrons. The number of aliphatic hydroxyl groups excluding tert-OH is 3. The summed E-state index contributed by atoms with van der Waals surface area (Å²) in [6, 6.07) is 16.8. The monoisotopic (exact) mass is 523 g/mol. The Morgan fingerprint density at radius 3 is 2.41 bits per heavy atom. The van der Waals surface area contributed by atoms with Gasteiger partial charge in [-0.25, -0.2) is 0 Å². The maximum atomic E-state index is 13.6. The number of anilines is 1. The molecule has 1 unspecified atom stereocenters. The molecule has 1 amide bonds. The molecule has 5 N–H and O–H groups in total. The summed E-state index contributed by atoms with van der Waals surface area (Å²) in [5, 5.41) is 47.1. The lowest BCUT2D eigenvalue weighted by Gasteiger charge is -2.36. The molecule has 0 aromatic heterocycles. The number of carbonyl (C=O) groups is 1. The fourth-order valence-corrected chi connectivity index (χ4v) is 5.45. The van der Waals surface area contributed by atoms with Crippen molar-refractivity contribution in [2.24, 2.45) is 0 Å². The molecule has 2 aliphatic rings. The highest BCUT2D eigenvalue weighted by molar-refractivity contribution is 8.03. The number of amides is 1. The SMILES string of the molecule is COc1ccc(C2C(C#N)=C(S[C@@H]3OC[C@H](O)[C@H](O)[C@H]3O)NC(C)=C2C(=O)Nc2ccc(C)cc2)cc1. The normalized spacial score (nSPS) is 25.8. The number of dihydropyridines is 1. The highest BCUT2D eigenvalue weighted by Gasteiger charge is 2.41. The van der Waals surface area contributed by atoms with Gasteiger partial charge in [-0.2, -0.15) is 5.26 Å². The Balaban J connectivity index is 1.72. The lowest BCUT2D eigenvalue weighted by Crippen LogP contribution is -2.51. The number of benzene rings is 2. The first kappa shape index (κ1) is 26.7. The molecule has 5 atom stereocenters. The predicted molar refractivity (Wildman–Crippen MR) is 139 cm³/mol. The summed E-state index contributed by atoms with van der Waals surface area (Å²) in [6.07, 6.45) is -3.97. The number of allylic oxidation sites excluding steroid dienone is 2. The van der Waals surface area contributed by atoms with E-state index in [1.807, 2.05) is 31.2 Å². The Hall–Kier alpha value is -3.33. The lowest BCUT2D eigenvalue weighted by molar-refractivity contribution is -0.161. The Morgan fingerprint density at radius 2 is 1.78 bits per heavy atom. The number of nitriles is 1. The molecular weight excluding hydrogens is 494 g/mol. The molecule has 0 spiro atoms. The van der Waals surface area contributed by atoms with Crippen LogP contribution in [-0.2, 0) is 9.53 Å². The summed E-state index contributed by atoms with van der Waals surface area (Å²) >= 11 is 1.03. The van der Waals surface area contributed by atoms with Crippen LogP contribution < -0.4 is 15.4 Å². The first-order valence-corrected chi connectivity index (χ1v) is 12.6. The van der Waals surface area contributed by atoms with E-state index in [2.05, 4.69) is 16.7 Å². The van der Waals surface area contributed by atoms with E-state index in [0.29, 0.717) is 33.3 Å². The summed E-state index contributed by atoms with van der Waals surface area (Å²) in [6.45, 7) is 3.54. The van der Waals surface area contributed by atoms with Crippen LogP contribution in [0.25, 0.3) is 0 Å². The molecule has 0 bridgehead atoms. The molecular formula is C27H29N3O6S. The molecule has 9 nitrogen and oxygen atoms in total. The van der Waals surface area contributed by atoms with Crippen molar-refractivity contribution in [3.05, 3.63) is 81.5 Å². The number of methoxy groups -OCH3 is 1. The molecule has 0 saturated carbocycles. The third kappa shape index (κ3) is 5.66. The maximum absolute atomic E-state index is 13.6. The highest BCUT2D eigenvalue weighted by Crippen LogP contribution is 2.43. The Bertz CT molecular complexity index is 1250. The van der Waals surface area contributed by atoms with Crippen LogP contribution in [0.5, 0.6) is 5.75 Å². The molecule has 37 heavy (non-hydrogen) atoms. The lowest BCUT2D eigenvalue weighted by atomic mass is 9.82. The summed E-state index contributed by atoms with van der Waals surface area (Å²) < 4.78 is 10.8. The number of thioether (sulfide) groups is 1. The van der Waals surface area contributed by atoms with E-state index in [-0.39, 0.29) is 18.1 Å². The van der Waals surface area contributed by atoms with Gasteiger partial charge >= 0.3 is 0 Å². The number of nitrogens with one attached hydrogen (secondary N) is 2. The van der Waals surface area contributed by atoms with E-state index in [0.717, 1.165) is 17.3 Å². The van der Waals surface area contributed by atoms with Gasteiger partial charge in [0.25, 0.3) is 5.91 Å². The van der Waals surface area contributed by atoms with Crippen LogP contribution >= 0.6 is 11.8 Å². The van der Waals surface area contributed by atoms with Gasteiger partial charge < -0.3 is 35.4 Å². The third-order valence-electron chi connectivity index (χ3n) is 6.34. The number of aryl methyl sites for hydroxylation is 1. The van der Waals surface area contributed by atoms with Crippen LogP contribution in [0.3, 0.4) is 0 Å². The van der Waals surface area contributed by atoms with Crippen molar-refractivity contribution in [1.82, 2.24) is 5.32 Å². The summed E-state index contributed by atoms with van der Waals surface area (Å²) in [7, 11) is 1.56. The minimum atomic E-state index is -1.38. The zero-order chi connectivity index (χ0) is 26.7. The van der Waals surface area contributed by atoms with Crippen LogP contribution in [-0.4, -0.2) is 58.7 Å². The predicted octanol–water partition coefficient (Wildman–Crippen LogP) is 2.51. The van der Waals surface area contributed by atoms with Crippen molar-refractivity contribution in [2.75, 3.05) is 19.0 Å². The average Bonchev–Trinajstić information content (AvgIpc) is 2.90. The fraction of sp³-hybridized carbons (Fsp3) is 0.333. The van der Waals surface area contributed by atoms with Gasteiger partial charge in [0.1, 0.15) is 29.5 Å². The van der Waals surface area contributed by atoms with Gasteiger partial charge in [0.15, 0.2) is 0 Å². The van der Waals surface area contributed by atoms with Gasteiger partial charge in [0.05, 0.1) is 36.3 Å². The minimum Gasteiger partial charge on any atom is -0.497 e. The maximum Gasteiger partial charge on any atom is 0.254 e. The van der Waals surface area contributed by atoms with E-state index >= 15 is 0 Å². The molecule has 4 rings (SSSR count). The van der Waals surface area contributed by atoms with Crippen LogP contribution in [0.2, 0.25) is 0 Å². The van der Waals surface area contributed by atoms with Crippen LogP contribution in [0.15, 0.2) is 70.4 Å². The zero-order valence-corrected chi connectivity index (χ0v) is 21.5. The number of hydrogen-bond acceptors (Lipinski definition) is 9. The molecule has 2 aromatic carbocycles. The number of hydrogen-bond donors (Lipinski definition) is 5.